The third kappa shape index (κ3) is 3.90. The number of hydrogen-bond donors (Lipinski definition) is 1. The lowest BCUT2D eigenvalue weighted by Gasteiger charge is -2.15. The summed E-state index contributed by atoms with van der Waals surface area (Å²) in [5, 5.41) is 3.94. The van der Waals surface area contributed by atoms with Gasteiger partial charge in [-0.2, -0.15) is 0 Å². The molecule has 0 aliphatic carbocycles. The average Bonchev–Trinajstić information content (AvgIpc) is 2.78. The van der Waals surface area contributed by atoms with Crippen molar-refractivity contribution < 1.29 is 9.53 Å². The van der Waals surface area contributed by atoms with Gasteiger partial charge in [0.1, 0.15) is 5.75 Å². The van der Waals surface area contributed by atoms with Crippen LogP contribution < -0.4 is 10.1 Å². The van der Waals surface area contributed by atoms with Crippen molar-refractivity contribution in [3.05, 3.63) is 90.0 Å². The largest absolute Gasteiger partial charge is 0.497 e. The molecule has 4 aromatic rings. The maximum Gasteiger partial charge on any atom is 0.256 e. The number of para-hydroxylation sites is 2. The van der Waals surface area contributed by atoms with Gasteiger partial charge in [0.2, 0.25) is 0 Å². The summed E-state index contributed by atoms with van der Waals surface area (Å²) >= 11 is 0. The fourth-order valence-corrected chi connectivity index (χ4v) is 3.58. The van der Waals surface area contributed by atoms with Crippen molar-refractivity contribution >= 4 is 22.5 Å². The Bertz CT molecular complexity index is 1200. The minimum Gasteiger partial charge on any atom is -0.497 e. The van der Waals surface area contributed by atoms with Crippen molar-refractivity contribution in [1.29, 1.82) is 0 Å². The molecular formula is C26H24N2O2. The molecule has 0 aliphatic heterocycles. The van der Waals surface area contributed by atoms with Crippen LogP contribution in [0, 0.1) is 0 Å². The summed E-state index contributed by atoms with van der Waals surface area (Å²) in [6, 6.07) is 25.2. The molecule has 0 spiro atoms. The van der Waals surface area contributed by atoms with Gasteiger partial charge in [-0.05, 0) is 53.9 Å². The standard InChI is InChI=1S/C26H24N2O2/c1-17(2)20-8-4-6-10-23(20)28-26(29)22-16-25(18-12-14-19(30-3)15-13-18)27-24-11-7-5-9-21(22)24/h4-17H,1-3H3,(H,28,29). The quantitative estimate of drug-likeness (QED) is 0.431. The van der Waals surface area contributed by atoms with E-state index in [1.165, 1.54) is 0 Å². The Morgan fingerprint density at radius 3 is 2.37 bits per heavy atom. The van der Waals surface area contributed by atoms with Gasteiger partial charge in [0.25, 0.3) is 5.91 Å². The number of carbonyl (C=O) groups is 1. The molecule has 1 N–H and O–H groups in total. The number of carbonyl (C=O) groups excluding carboxylic acids is 1. The number of nitrogens with zero attached hydrogens (tertiary/aromatic N) is 1. The van der Waals surface area contributed by atoms with Crippen LogP contribution >= 0.6 is 0 Å². The van der Waals surface area contributed by atoms with E-state index in [9.17, 15) is 4.79 Å². The number of fused-ring (bicyclic) bond motifs is 1. The normalized spacial score (nSPS) is 10.9. The second kappa shape index (κ2) is 8.37. The van der Waals surface area contributed by atoms with Gasteiger partial charge in [0, 0.05) is 16.6 Å². The van der Waals surface area contributed by atoms with E-state index in [2.05, 4.69) is 19.2 Å². The molecule has 0 saturated carbocycles. The van der Waals surface area contributed by atoms with Gasteiger partial charge >= 0.3 is 0 Å². The second-order valence-electron chi connectivity index (χ2n) is 7.50. The third-order valence-electron chi connectivity index (χ3n) is 5.18. The molecule has 4 rings (SSSR count). The van der Waals surface area contributed by atoms with Gasteiger partial charge < -0.3 is 10.1 Å². The number of aromatic nitrogens is 1. The lowest BCUT2D eigenvalue weighted by Crippen LogP contribution is -2.14. The van der Waals surface area contributed by atoms with E-state index in [1.54, 1.807) is 7.11 Å². The van der Waals surface area contributed by atoms with Crippen LogP contribution in [0.3, 0.4) is 0 Å². The fraction of sp³-hybridized carbons (Fsp3) is 0.154. The SMILES string of the molecule is COc1ccc(-c2cc(C(=O)Nc3ccccc3C(C)C)c3ccccc3n2)cc1. The molecule has 0 fully saturated rings. The summed E-state index contributed by atoms with van der Waals surface area (Å²) < 4.78 is 5.25. The van der Waals surface area contributed by atoms with Crippen LogP contribution in [0.5, 0.6) is 5.75 Å². The third-order valence-corrected chi connectivity index (χ3v) is 5.18. The molecule has 4 heteroatoms. The predicted octanol–water partition coefficient (Wildman–Crippen LogP) is 6.29. The molecule has 0 bridgehead atoms. The zero-order chi connectivity index (χ0) is 21.1. The number of methoxy groups -OCH3 is 1. The molecule has 0 atom stereocenters. The monoisotopic (exact) mass is 396 g/mol. The summed E-state index contributed by atoms with van der Waals surface area (Å²) in [5.74, 6) is 0.949. The van der Waals surface area contributed by atoms with Crippen molar-refractivity contribution in [2.45, 2.75) is 19.8 Å². The summed E-state index contributed by atoms with van der Waals surface area (Å²) in [4.78, 5) is 18.1. The van der Waals surface area contributed by atoms with E-state index in [0.29, 0.717) is 11.5 Å². The summed E-state index contributed by atoms with van der Waals surface area (Å²) in [6.45, 7) is 4.24. The van der Waals surface area contributed by atoms with Gasteiger partial charge in [0.15, 0.2) is 0 Å². The molecule has 1 amide bonds. The van der Waals surface area contributed by atoms with Crippen LogP contribution in [-0.4, -0.2) is 18.0 Å². The zero-order valence-electron chi connectivity index (χ0n) is 17.3. The highest BCUT2D eigenvalue weighted by Gasteiger charge is 2.16. The topological polar surface area (TPSA) is 51.2 Å². The molecule has 4 nitrogen and oxygen atoms in total. The van der Waals surface area contributed by atoms with E-state index < -0.39 is 0 Å². The fourth-order valence-electron chi connectivity index (χ4n) is 3.58. The number of rotatable bonds is 5. The maximum absolute atomic E-state index is 13.3. The summed E-state index contributed by atoms with van der Waals surface area (Å²) in [7, 11) is 1.64. The second-order valence-corrected chi connectivity index (χ2v) is 7.50. The Hall–Kier alpha value is -3.66. The van der Waals surface area contributed by atoms with Crippen LogP contribution in [-0.2, 0) is 0 Å². The molecule has 3 aromatic carbocycles. The maximum atomic E-state index is 13.3. The molecule has 1 heterocycles. The Kier molecular flexibility index (Phi) is 5.48. The van der Waals surface area contributed by atoms with Crippen molar-refractivity contribution in [2.24, 2.45) is 0 Å². The number of nitrogens with one attached hydrogen (secondary N) is 1. The van der Waals surface area contributed by atoms with Gasteiger partial charge in [-0.1, -0.05) is 50.2 Å². The van der Waals surface area contributed by atoms with E-state index >= 15 is 0 Å². The van der Waals surface area contributed by atoms with E-state index in [-0.39, 0.29) is 5.91 Å². The van der Waals surface area contributed by atoms with Crippen molar-refractivity contribution in [2.75, 3.05) is 12.4 Å². The minimum atomic E-state index is -0.142. The molecule has 1 aromatic heterocycles. The first kappa shape index (κ1) is 19.6. The van der Waals surface area contributed by atoms with E-state index in [1.807, 2.05) is 78.9 Å². The first-order valence-corrected chi connectivity index (χ1v) is 10.0. The molecule has 150 valence electrons. The first-order valence-electron chi connectivity index (χ1n) is 10.0. The Balaban J connectivity index is 1.78. The van der Waals surface area contributed by atoms with Crippen LogP contribution in [0.15, 0.2) is 78.9 Å². The highest BCUT2D eigenvalue weighted by atomic mass is 16.5. The lowest BCUT2D eigenvalue weighted by molar-refractivity contribution is 0.102. The van der Waals surface area contributed by atoms with Crippen LogP contribution in [0.2, 0.25) is 0 Å². The van der Waals surface area contributed by atoms with E-state index in [4.69, 9.17) is 9.72 Å². The Morgan fingerprint density at radius 2 is 1.63 bits per heavy atom. The molecule has 0 radical (unpaired) electrons. The lowest BCUT2D eigenvalue weighted by atomic mass is 10.00. The zero-order valence-corrected chi connectivity index (χ0v) is 17.3. The Morgan fingerprint density at radius 1 is 0.933 bits per heavy atom. The van der Waals surface area contributed by atoms with Gasteiger partial charge in [0.05, 0.1) is 23.9 Å². The van der Waals surface area contributed by atoms with Crippen molar-refractivity contribution in [3.63, 3.8) is 0 Å². The average molecular weight is 396 g/mol. The van der Waals surface area contributed by atoms with Gasteiger partial charge in [-0.15, -0.1) is 0 Å². The summed E-state index contributed by atoms with van der Waals surface area (Å²) in [6.07, 6.45) is 0. The van der Waals surface area contributed by atoms with Crippen LogP contribution in [0.25, 0.3) is 22.2 Å². The summed E-state index contributed by atoms with van der Waals surface area (Å²) in [5.41, 5.74) is 5.01. The number of ether oxygens (including phenoxy) is 1. The highest BCUT2D eigenvalue weighted by Crippen LogP contribution is 2.28. The number of benzene rings is 3. The Labute approximate surface area is 176 Å². The van der Waals surface area contributed by atoms with Crippen molar-refractivity contribution in [1.82, 2.24) is 4.98 Å². The molecule has 0 saturated heterocycles. The number of pyridine rings is 1. The highest BCUT2D eigenvalue weighted by molar-refractivity contribution is 6.13. The number of anilines is 1. The van der Waals surface area contributed by atoms with Crippen molar-refractivity contribution in [3.8, 4) is 17.0 Å². The molecular weight excluding hydrogens is 372 g/mol. The molecule has 0 unspecified atom stereocenters. The van der Waals surface area contributed by atoms with Gasteiger partial charge in [-0.3, -0.25) is 4.79 Å². The number of amides is 1. The predicted molar refractivity (Wildman–Crippen MR) is 122 cm³/mol. The minimum absolute atomic E-state index is 0.142. The molecule has 0 aliphatic rings. The van der Waals surface area contributed by atoms with Gasteiger partial charge in [-0.25, -0.2) is 4.98 Å². The van der Waals surface area contributed by atoms with E-state index in [0.717, 1.165) is 39.2 Å². The molecule has 30 heavy (non-hydrogen) atoms. The van der Waals surface area contributed by atoms with Crippen LogP contribution in [0.1, 0.15) is 35.7 Å². The smallest absolute Gasteiger partial charge is 0.256 e. The number of hydrogen-bond acceptors (Lipinski definition) is 3. The first-order chi connectivity index (χ1) is 14.6. The van der Waals surface area contributed by atoms with Crippen LogP contribution in [0.4, 0.5) is 5.69 Å².